The normalized spacial score (nSPS) is 10.4. The highest BCUT2D eigenvalue weighted by atomic mass is 35.5. The lowest BCUT2D eigenvalue weighted by molar-refractivity contribution is -0.125. The molecular weight excluding hydrogens is 304 g/mol. The second-order valence-electron chi connectivity index (χ2n) is 4.90. The monoisotopic (exact) mass is 326 g/mol. The van der Waals surface area contributed by atoms with Crippen LogP contribution in [-0.2, 0) is 4.79 Å². The van der Waals surface area contributed by atoms with Gasteiger partial charge in [0, 0.05) is 24.0 Å². The van der Waals surface area contributed by atoms with Gasteiger partial charge in [0.05, 0.1) is 12.7 Å². The molecule has 2 amide bonds. The first-order valence-corrected chi connectivity index (χ1v) is 7.80. The molecule has 0 saturated carbocycles. The predicted octanol–water partition coefficient (Wildman–Crippen LogP) is 2.63. The molecule has 2 N–H and O–H groups in total. The molecule has 0 bridgehead atoms. The number of nitrogens with one attached hydrogen (secondary N) is 2. The van der Waals surface area contributed by atoms with E-state index < -0.39 is 0 Å². The topological polar surface area (TPSA) is 67.4 Å². The molecule has 0 unspecified atom stereocenters. The minimum atomic E-state index is -0.281. The Bertz CT molecular complexity index is 516. The Balaban J connectivity index is 2.47. The van der Waals surface area contributed by atoms with Gasteiger partial charge >= 0.3 is 0 Å². The smallest absolute Gasteiger partial charge is 0.255 e. The average Bonchev–Trinajstić information content (AvgIpc) is 2.52. The Morgan fingerprint density at radius 1 is 1.18 bits per heavy atom. The van der Waals surface area contributed by atoms with Gasteiger partial charge in [0.15, 0.2) is 0 Å². The zero-order chi connectivity index (χ0) is 16.5. The van der Waals surface area contributed by atoms with E-state index in [1.807, 2.05) is 13.8 Å². The second kappa shape index (κ2) is 9.30. The lowest BCUT2D eigenvalue weighted by Crippen LogP contribution is -2.37. The van der Waals surface area contributed by atoms with E-state index >= 15 is 0 Å². The maximum Gasteiger partial charge on any atom is 0.255 e. The number of carbonyl (C=O) groups excluding carboxylic acids is 2. The average molecular weight is 327 g/mol. The fourth-order valence-electron chi connectivity index (χ4n) is 2.12. The zero-order valence-corrected chi connectivity index (χ0v) is 14.0. The first kappa shape index (κ1) is 18.3. The van der Waals surface area contributed by atoms with Crippen LogP contribution in [0.5, 0.6) is 5.75 Å². The van der Waals surface area contributed by atoms with Crippen molar-refractivity contribution in [3.8, 4) is 5.75 Å². The zero-order valence-electron chi connectivity index (χ0n) is 13.2. The van der Waals surface area contributed by atoms with E-state index in [-0.39, 0.29) is 17.7 Å². The van der Waals surface area contributed by atoms with Crippen LogP contribution in [0, 0.1) is 5.92 Å². The number of hydrogen-bond acceptors (Lipinski definition) is 3. The molecule has 1 aromatic rings. The van der Waals surface area contributed by atoms with Gasteiger partial charge in [-0.25, -0.2) is 0 Å². The summed E-state index contributed by atoms with van der Waals surface area (Å²) in [5.41, 5.74) is 0.376. The Morgan fingerprint density at radius 2 is 1.82 bits per heavy atom. The van der Waals surface area contributed by atoms with Crippen LogP contribution >= 0.6 is 11.6 Å². The largest absolute Gasteiger partial charge is 0.496 e. The second-order valence-corrected chi connectivity index (χ2v) is 5.34. The van der Waals surface area contributed by atoms with E-state index in [0.717, 1.165) is 12.8 Å². The van der Waals surface area contributed by atoms with E-state index in [0.29, 0.717) is 29.4 Å². The van der Waals surface area contributed by atoms with Gasteiger partial charge in [-0.1, -0.05) is 25.4 Å². The highest BCUT2D eigenvalue weighted by Gasteiger charge is 2.14. The van der Waals surface area contributed by atoms with Gasteiger partial charge in [-0.15, -0.1) is 0 Å². The first-order chi connectivity index (χ1) is 10.5. The molecule has 1 aromatic carbocycles. The summed E-state index contributed by atoms with van der Waals surface area (Å²) in [7, 11) is 1.50. The summed E-state index contributed by atoms with van der Waals surface area (Å²) in [6.45, 7) is 4.71. The molecule has 0 spiro atoms. The molecule has 122 valence electrons. The molecule has 0 aliphatic rings. The summed E-state index contributed by atoms with van der Waals surface area (Å²) in [5, 5.41) is 6.03. The van der Waals surface area contributed by atoms with Crippen LogP contribution in [0.25, 0.3) is 0 Å². The van der Waals surface area contributed by atoms with Gasteiger partial charge in [-0.2, -0.15) is 0 Å². The molecule has 0 aliphatic heterocycles. The molecule has 0 heterocycles. The van der Waals surface area contributed by atoms with Crippen LogP contribution in [0.1, 0.15) is 37.0 Å². The highest BCUT2D eigenvalue weighted by molar-refractivity contribution is 6.31. The van der Waals surface area contributed by atoms with Crippen molar-refractivity contribution in [3.05, 3.63) is 28.8 Å². The molecular formula is C16H23ClN2O3. The number of ether oxygens (including phenoxy) is 1. The van der Waals surface area contributed by atoms with Crippen molar-refractivity contribution >= 4 is 23.4 Å². The number of amides is 2. The molecule has 0 saturated heterocycles. The molecule has 0 aliphatic carbocycles. The Morgan fingerprint density at radius 3 is 2.41 bits per heavy atom. The van der Waals surface area contributed by atoms with Crippen molar-refractivity contribution in [1.29, 1.82) is 0 Å². The van der Waals surface area contributed by atoms with E-state index in [1.54, 1.807) is 18.2 Å². The van der Waals surface area contributed by atoms with Crippen molar-refractivity contribution in [2.75, 3.05) is 20.2 Å². The van der Waals surface area contributed by atoms with Crippen LogP contribution in [0.15, 0.2) is 18.2 Å². The Labute approximate surface area is 136 Å². The minimum Gasteiger partial charge on any atom is -0.496 e. The van der Waals surface area contributed by atoms with Crippen LogP contribution in [0.4, 0.5) is 0 Å². The lowest BCUT2D eigenvalue weighted by atomic mass is 10.0. The van der Waals surface area contributed by atoms with Gasteiger partial charge in [-0.05, 0) is 31.0 Å². The SMILES string of the molecule is CCC(CC)C(=O)NCCNC(=O)c1cc(Cl)ccc1OC. The van der Waals surface area contributed by atoms with Crippen LogP contribution in [-0.4, -0.2) is 32.0 Å². The summed E-state index contributed by atoms with van der Waals surface area (Å²) < 4.78 is 5.14. The van der Waals surface area contributed by atoms with E-state index in [2.05, 4.69) is 10.6 Å². The number of hydrogen-bond donors (Lipinski definition) is 2. The van der Waals surface area contributed by atoms with Gasteiger partial charge in [0.2, 0.25) is 5.91 Å². The van der Waals surface area contributed by atoms with Crippen LogP contribution < -0.4 is 15.4 Å². The predicted molar refractivity (Wildman–Crippen MR) is 87.4 cm³/mol. The summed E-state index contributed by atoms with van der Waals surface area (Å²) in [4.78, 5) is 23.9. The maximum absolute atomic E-state index is 12.1. The van der Waals surface area contributed by atoms with Gasteiger partial charge in [-0.3, -0.25) is 9.59 Å². The fraction of sp³-hybridized carbons (Fsp3) is 0.500. The lowest BCUT2D eigenvalue weighted by Gasteiger charge is -2.13. The van der Waals surface area contributed by atoms with Crippen molar-refractivity contribution in [1.82, 2.24) is 10.6 Å². The molecule has 22 heavy (non-hydrogen) atoms. The molecule has 5 nitrogen and oxygen atoms in total. The van der Waals surface area contributed by atoms with Crippen molar-refractivity contribution in [2.24, 2.45) is 5.92 Å². The number of carbonyl (C=O) groups is 2. The van der Waals surface area contributed by atoms with Gasteiger partial charge in [0.25, 0.3) is 5.91 Å². The molecule has 0 aromatic heterocycles. The fourth-order valence-corrected chi connectivity index (χ4v) is 2.29. The van der Waals surface area contributed by atoms with Gasteiger partial charge < -0.3 is 15.4 Å². The molecule has 0 atom stereocenters. The van der Waals surface area contributed by atoms with E-state index in [9.17, 15) is 9.59 Å². The third-order valence-corrected chi connectivity index (χ3v) is 3.71. The van der Waals surface area contributed by atoms with Crippen molar-refractivity contribution in [3.63, 3.8) is 0 Å². The molecule has 0 fully saturated rings. The number of rotatable bonds is 8. The minimum absolute atomic E-state index is 0.0274. The third kappa shape index (κ3) is 5.22. The summed E-state index contributed by atoms with van der Waals surface area (Å²) in [5.74, 6) is 0.238. The number of benzene rings is 1. The number of methoxy groups -OCH3 is 1. The number of halogens is 1. The quantitative estimate of drug-likeness (QED) is 0.722. The standard InChI is InChI=1S/C16H23ClN2O3/c1-4-11(5-2)15(20)18-8-9-19-16(21)13-10-12(17)6-7-14(13)22-3/h6-7,10-11H,4-5,8-9H2,1-3H3,(H,18,20)(H,19,21). The van der Waals surface area contributed by atoms with Crippen molar-refractivity contribution < 1.29 is 14.3 Å². The third-order valence-electron chi connectivity index (χ3n) is 3.47. The summed E-state index contributed by atoms with van der Waals surface area (Å²) in [6, 6.07) is 4.86. The highest BCUT2D eigenvalue weighted by Crippen LogP contribution is 2.22. The Kier molecular flexibility index (Phi) is 7.74. The Hall–Kier alpha value is -1.75. The van der Waals surface area contributed by atoms with Crippen molar-refractivity contribution in [2.45, 2.75) is 26.7 Å². The van der Waals surface area contributed by atoms with Crippen LogP contribution in [0.3, 0.4) is 0 Å². The molecule has 0 radical (unpaired) electrons. The van der Waals surface area contributed by atoms with E-state index in [4.69, 9.17) is 16.3 Å². The first-order valence-electron chi connectivity index (χ1n) is 7.42. The maximum atomic E-state index is 12.1. The summed E-state index contributed by atoms with van der Waals surface area (Å²) in [6.07, 6.45) is 1.63. The molecule has 1 rings (SSSR count). The van der Waals surface area contributed by atoms with Crippen LogP contribution in [0.2, 0.25) is 5.02 Å². The summed E-state index contributed by atoms with van der Waals surface area (Å²) >= 11 is 5.89. The van der Waals surface area contributed by atoms with E-state index in [1.165, 1.54) is 7.11 Å². The molecule has 6 heteroatoms. The van der Waals surface area contributed by atoms with Gasteiger partial charge in [0.1, 0.15) is 5.75 Å².